The first-order valence-corrected chi connectivity index (χ1v) is 15.5. The average molecular weight is 590 g/mol. The Balaban J connectivity index is 1.60. The fourth-order valence-electron chi connectivity index (χ4n) is 4.57. The molecule has 0 saturated carbocycles. The van der Waals surface area contributed by atoms with Gasteiger partial charge >= 0.3 is 0 Å². The highest BCUT2D eigenvalue weighted by Gasteiger charge is 2.36. The van der Waals surface area contributed by atoms with Gasteiger partial charge in [0.15, 0.2) is 23.0 Å². The van der Waals surface area contributed by atoms with Crippen LogP contribution in [0.4, 0.5) is 5.69 Å². The molecule has 4 rings (SSSR count). The molecule has 1 aliphatic rings. The lowest BCUT2D eigenvalue weighted by Gasteiger charge is -2.28. The van der Waals surface area contributed by atoms with Crippen LogP contribution in [0.2, 0.25) is 0 Å². The van der Waals surface area contributed by atoms with E-state index in [1.807, 2.05) is 68.0 Å². The number of anilines is 1. The van der Waals surface area contributed by atoms with Gasteiger partial charge in [-0.3, -0.25) is 0 Å². The summed E-state index contributed by atoms with van der Waals surface area (Å²) in [4.78, 5) is 3.18. The van der Waals surface area contributed by atoms with E-state index in [0.29, 0.717) is 23.9 Å². The summed E-state index contributed by atoms with van der Waals surface area (Å²) >= 11 is 5.50. The van der Waals surface area contributed by atoms with Gasteiger partial charge in [0.25, 0.3) is 0 Å². The van der Waals surface area contributed by atoms with Crippen molar-refractivity contribution in [3.63, 3.8) is 0 Å². The maximum absolute atomic E-state index is 9.48. The van der Waals surface area contributed by atoms with Crippen LogP contribution in [0.3, 0.4) is 0 Å². The van der Waals surface area contributed by atoms with Crippen molar-refractivity contribution in [2.24, 2.45) is 0 Å². The summed E-state index contributed by atoms with van der Waals surface area (Å²) in [6.45, 7) is 0.524. The van der Waals surface area contributed by atoms with E-state index in [1.165, 1.54) is 5.56 Å². The normalized spacial score (nSPS) is 16.6. The zero-order valence-corrected chi connectivity index (χ0v) is 25.5. The Hall–Kier alpha value is -2.69. The summed E-state index contributed by atoms with van der Waals surface area (Å²) in [5.41, 5.74) is 3.33. The molecule has 0 amide bonds. The molecule has 0 radical (unpaired) electrons. The van der Waals surface area contributed by atoms with Crippen molar-refractivity contribution in [2.45, 2.75) is 15.4 Å². The number of hydrogen-bond acceptors (Lipinski definition) is 10. The molecule has 1 N–H and O–H groups in total. The fourth-order valence-corrected chi connectivity index (χ4v) is 8.61. The Morgan fingerprint density at radius 1 is 0.821 bits per heavy atom. The van der Waals surface area contributed by atoms with Gasteiger partial charge in [-0.25, -0.2) is 0 Å². The van der Waals surface area contributed by atoms with Crippen molar-refractivity contribution in [3.8, 4) is 34.5 Å². The zero-order valence-electron chi connectivity index (χ0n) is 23.1. The van der Waals surface area contributed by atoms with E-state index in [0.717, 1.165) is 38.5 Å². The van der Waals surface area contributed by atoms with Gasteiger partial charge in [-0.1, -0.05) is 6.07 Å². The minimum Gasteiger partial charge on any atom is -0.508 e. The van der Waals surface area contributed by atoms with Crippen LogP contribution in [0.15, 0.2) is 53.4 Å². The predicted molar refractivity (Wildman–Crippen MR) is 163 cm³/mol. The van der Waals surface area contributed by atoms with E-state index in [2.05, 4.69) is 11.0 Å². The molecule has 1 heterocycles. The lowest BCUT2D eigenvalue weighted by atomic mass is 9.99. The van der Waals surface area contributed by atoms with Crippen molar-refractivity contribution in [3.05, 3.63) is 59.7 Å². The molecule has 0 bridgehead atoms. The molecular weight excluding hydrogens is 555 g/mol. The molecule has 3 aromatic carbocycles. The molecule has 1 saturated heterocycles. The van der Waals surface area contributed by atoms with Crippen molar-refractivity contribution in [2.75, 3.05) is 64.9 Å². The summed E-state index contributed by atoms with van der Waals surface area (Å²) in [5, 5.41) is 10.8. The Morgan fingerprint density at radius 3 is 2.05 bits per heavy atom. The minimum atomic E-state index is 0.181. The van der Waals surface area contributed by atoms with Gasteiger partial charge in [0.05, 0.1) is 40.7 Å². The quantitative estimate of drug-likeness (QED) is 0.179. The zero-order chi connectivity index (χ0) is 27.9. The van der Waals surface area contributed by atoms with E-state index in [4.69, 9.17) is 23.7 Å². The number of nitrogens with zero attached hydrogens (tertiary/aromatic N) is 1. The van der Waals surface area contributed by atoms with Crippen LogP contribution in [0.5, 0.6) is 34.5 Å². The summed E-state index contributed by atoms with van der Waals surface area (Å²) in [7, 11) is 10.7. The second kappa shape index (κ2) is 13.6. The number of phenols is 1. The van der Waals surface area contributed by atoms with Crippen molar-refractivity contribution < 1.29 is 28.8 Å². The maximum Gasteiger partial charge on any atom is 0.203 e. The third kappa shape index (κ3) is 6.56. The Kier molecular flexibility index (Phi) is 10.2. The van der Waals surface area contributed by atoms with Gasteiger partial charge in [0.1, 0.15) is 5.75 Å². The largest absolute Gasteiger partial charge is 0.508 e. The maximum atomic E-state index is 9.48. The molecule has 2 atom stereocenters. The van der Waals surface area contributed by atoms with Crippen LogP contribution in [0.1, 0.15) is 21.6 Å². The van der Waals surface area contributed by atoms with Crippen LogP contribution in [-0.4, -0.2) is 65.1 Å². The predicted octanol–water partition coefficient (Wildman–Crippen LogP) is 6.88. The Morgan fingerprint density at radius 2 is 1.46 bits per heavy atom. The number of ether oxygens (including phenoxy) is 5. The highest BCUT2D eigenvalue weighted by molar-refractivity contribution is 8.19. The van der Waals surface area contributed by atoms with Gasteiger partial charge in [-0.15, -0.1) is 35.3 Å². The average Bonchev–Trinajstić information content (AvgIpc) is 3.44. The van der Waals surface area contributed by atoms with Crippen LogP contribution in [-0.2, 0) is 0 Å². The van der Waals surface area contributed by atoms with Crippen LogP contribution in [0.25, 0.3) is 0 Å². The number of phenolic OH excluding ortho intramolecular Hbond substituents is 1. The molecule has 2 unspecified atom stereocenters. The number of benzene rings is 3. The summed E-state index contributed by atoms with van der Waals surface area (Å²) < 4.78 is 28.9. The molecule has 0 aromatic heterocycles. The molecule has 3 aromatic rings. The van der Waals surface area contributed by atoms with Gasteiger partial charge in [-0.05, 0) is 53.6 Å². The minimum absolute atomic E-state index is 0.181. The Labute approximate surface area is 243 Å². The van der Waals surface area contributed by atoms with E-state index in [1.54, 1.807) is 52.3 Å². The van der Waals surface area contributed by atoms with E-state index < -0.39 is 0 Å². The van der Waals surface area contributed by atoms with E-state index >= 15 is 0 Å². The fraction of sp³-hybridized carbons (Fsp3) is 0.379. The molecule has 0 aliphatic carbocycles. The second-order valence-corrected chi connectivity index (χ2v) is 12.7. The molecule has 1 aliphatic heterocycles. The van der Waals surface area contributed by atoms with E-state index in [-0.39, 0.29) is 16.2 Å². The van der Waals surface area contributed by atoms with Crippen LogP contribution < -0.4 is 28.6 Å². The smallest absolute Gasteiger partial charge is 0.203 e. The monoisotopic (exact) mass is 589 g/mol. The van der Waals surface area contributed by atoms with Crippen molar-refractivity contribution in [1.82, 2.24) is 0 Å². The number of rotatable bonds is 12. The first kappa shape index (κ1) is 29.3. The van der Waals surface area contributed by atoms with Gasteiger partial charge in [-0.2, -0.15) is 0 Å². The van der Waals surface area contributed by atoms with Crippen molar-refractivity contribution >= 4 is 41.0 Å². The third-order valence-corrected chi connectivity index (χ3v) is 10.3. The lowest BCUT2D eigenvalue weighted by Crippen LogP contribution is -2.16. The standard InChI is InChI=1S/C29H35NO6S3/c1-30(2)25-21(11-12-22(27(25)35-6)36-13-14-37-20-9-7-19(31)8-10-20)29-28(38-17-39-29)18-15-23(32-3)26(34-5)24(16-18)33-4/h7-12,15-16,28-29,31H,13-14,17H2,1-6H3. The van der Waals surface area contributed by atoms with Crippen LogP contribution in [0, 0.1) is 0 Å². The highest BCUT2D eigenvalue weighted by atomic mass is 32.2. The first-order valence-electron chi connectivity index (χ1n) is 12.4. The van der Waals surface area contributed by atoms with E-state index in [9.17, 15) is 5.11 Å². The number of hydrogen-bond donors (Lipinski definition) is 1. The van der Waals surface area contributed by atoms with Crippen LogP contribution >= 0.6 is 35.3 Å². The molecule has 39 heavy (non-hydrogen) atoms. The second-order valence-electron chi connectivity index (χ2n) is 8.87. The molecule has 1 fully saturated rings. The Bertz CT molecular complexity index is 1230. The highest BCUT2D eigenvalue weighted by Crippen LogP contribution is 2.60. The first-order chi connectivity index (χ1) is 18.9. The molecule has 10 heteroatoms. The third-order valence-electron chi connectivity index (χ3n) is 6.32. The lowest BCUT2D eigenvalue weighted by molar-refractivity contribution is 0.313. The number of methoxy groups -OCH3 is 4. The molecule has 210 valence electrons. The van der Waals surface area contributed by atoms with Gasteiger partial charge in [0.2, 0.25) is 5.75 Å². The molecule has 0 spiro atoms. The summed E-state index contributed by atoms with van der Waals surface area (Å²) in [6.07, 6.45) is 0. The van der Waals surface area contributed by atoms with Crippen molar-refractivity contribution in [1.29, 1.82) is 0 Å². The molecule has 7 nitrogen and oxygen atoms in total. The SMILES string of the molecule is COc1cc(C2SCSC2c2ccc(OCCSc3ccc(O)cc3)c(OC)c2N(C)C)cc(OC)c1OC. The number of thioether (sulfide) groups is 3. The topological polar surface area (TPSA) is 69.6 Å². The number of aromatic hydroxyl groups is 1. The summed E-state index contributed by atoms with van der Waals surface area (Å²) in [5.74, 6) is 4.39. The summed E-state index contributed by atoms with van der Waals surface area (Å²) in [6, 6.07) is 15.5. The van der Waals surface area contributed by atoms with Gasteiger partial charge < -0.3 is 33.7 Å². The molecular formula is C29H35NO6S3. The van der Waals surface area contributed by atoms with Gasteiger partial charge in [0, 0.05) is 40.3 Å².